The van der Waals surface area contributed by atoms with Crippen molar-refractivity contribution in [1.29, 1.82) is 0 Å². The third-order valence-corrected chi connectivity index (χ3v) is 2.19. The molecule has 0 fully saturated rings. The Morgan fingerprint density at radius 2 is 2.09 bits per heavy atom. The van der Waals surface area contributed by atoms with Crippen molar-refractivity contribution in [1.82, 2.24) is 0 Å². The van der Waals surface area contributed by atoms with Gasteiger partial charge in [-0.2, -0.15) is 0 Å². The van der Waals surface area contributed by atoms with Crippen molar-refractivity contribution in [2.75, 3.05) is 0 Å². The molecule has 0 aromatic rings. The third-order valence-electron chi connectivity index (χ3n) is 2.19. The molecular weight excluding hydrogens is 136 g/mol. The molecule has 0 rings (SSSR count). The largest absolute Gasteiger partial charge is 0.390 e. The lowest BCUT2D eigenvalue weighted by atomic mass is 9.99. The SMILES string of the molecule is CCC(C)C(C)=C(C)N=CN. The van der Waals surface area contributed by atoms with Gasteiger partial charge in [-0.3, -0.25) is 0 Å². The lowest BCUT2D eigenvalue weighted by molar-refractivity contribution is 0.647. The summed E-state index contributed by atoms with van der Waals surface area (Å²) < 4.78 is 0. The van der Waals surface area contributed by atoms with Crippen LogP contribution < -0.4 is 5.73 Å². The van der Waals surface area contributed by atoms with Gasteiger partial charge in [0.2, 0.25) is 0 Å². The number of allylic oxidation sites excluding steroid dienone is 2. The first-order valence-electron chi connectivity index (χ1n) is 4.05. The highest BCUT2D eigenvalue weighted by Gasteiger charge is 2.03. The maximum Gasteiger partial charge on any atom is 0.0856 e. The van der Waals surface area contributed by atoms with Crippen molar-refractivity contribution in [3.05, 3.63) is 11.3 Å². The van der Waals surface area contributed by atoms with Crippen LogP contribution in [0.2, 0.25) is 0 Å². The van der Waals surface area contributed by atoms with Crippen LogP contribution in [0, 0.1) is 5.92 Å². The van der Waals surface area contributed by atoms with Gasteiger partial charge in [0.1, 0.15) is 0 Å². The van der Waals surface area contributed by atoms with Crippen molar-refractivity contribution in [3.8, 4) is 0 Å². The van der Waals surface area contributed by atoms with Gasteiger partial charge in [-0.1, -0.05) is 13.8 Å². The quantitative estimate of drug-likeness (QED) is 0.491. The van der Waals surface area contributed by atoms with Gasteiger partial charge < -0.3 is 5.73 Å². The van der Waals surface area contributed by atoms with E-state index < -0.39 is 0 Å². The molecule has 2 nitrogen and oxygen atoms in total. The standard InChI is InChI=1S/C9H18N2/c1-5-7(2)8(3)9(4)11-6-10/h6-7H,5H2,1-4H3,(H2,10,11). The summed E-state index contributed by atoms with van der Waals surface area (Å²) in [6.07, 6.45) is 2.50. The van der Waals surface area contributed by atoms with E-state index in [9.17, 15) is 0 Å². The van der Waals surface area contributed by atoms with Gasteiger partial charge in [-0.25, -0.2) is 4.99 Å². The van der Waals surface area contributed by atoms with Crippen LogP contribution in [0.4, 0.5) is 0 Å². The van der Waals surface area contributed by atoms with Gasteiger partial charge in [-0.05, 0) is 31.8 Å². The first-order chi connectivity index (χ1) is 5.13. The van der Waals surface area contributed by atoms with E-state index in [1.165, 1.54) is 11.9 Å². The Balaban J connectivity index is 4.38. The van der Waals surface area contributed by atoms with E-state index >= 15 is 0 Å². The summed E-state index contributed by atoms with van der Waals surface area (Å²) >= 11 is 0. The average Bonchev–Trinajstić information content (AvgIpc) is 2.02. The Hall–Kier alpha value is -0.790. The summed E-state index contributed by atoms with van der Waals surface area (Å²) in [5.41, 5.74) is 7.55. The Morgan fingerprint density at radius 3 is 2.45 bits per heavy atom. The zero-order valence-corrected chi connectivity index (χ0v) is 7.89. The molecule has 1 unspecified atom stereocenters. The minimum absolute atomic E-state index is 0.610. The van der Waals surface area contributed by atoms with Gasteiger partial charge >= 0.3 is 0 Å². The summed E-state index contributed by atoms with van der Waals surface area (Å²) in [4.78, 5) is 4.03. The summed E-state index contributed by atoms with van der Waals surface area (Å²) in [6.45, 7) is 8.47. The van der Waals surface area contributed by atoms with Gasteiger partial charge in [0.25, 0.3) is 0 Å². The van der Waals surface area contributed by atoms with E-state index in [-0.39, 0.29) is 0 Å². The predicted octanol–water partition coefficient (Wildman–Crippen LogP) is 2.31. The molecule has 0 saturated heterocycles. The summed E-state index contributed by atoms with van der Waals surface area (Å²) in [5, 5.41) is 0. The second-order valence-electron chi connectivity index (χ2n) is 2.86. The molecule has 0 saturated carbocycles. The monoisotopic (exact) mass is 154 g/mol. The molecule has 0 aliphatic rings. The number of hydrogen-bond donors (Lipinski definition) is 1. The summed E-state index contributed by atoms with van der Waals surface area (Å²) in [6, 6.07) is 0. The van der Waals surface area contributed by atoms with E-state index in [0.29, 0.717) is 5.92 Å². The molecule has 2 N–H and O–H groups in total. The van der Waals surface area contributed by atoms with Crippen molar-refractivity contribution < 1.29 is 0 Å². The summed E-state index contributed by atoms with van der Waals surface area (Å²) in [7, 11) is 0. The number of nitrogens with zero attached hydrogens (tertiary/aromatic N) is 1. The number of aliphatic imine (C=N–C) groups is 1. The Morgan fingerprint density at radius 1 is 1.55 bits per heavy atom. The minimum Gasteiger partial charge on any atom is -0.390 e. The number of nitrogens with two attached hydrogens (primary N) is 1. The zero-order valence-electron chi connectivity index (χ0n) is 7.89. The molecule has 0 aliphatic carbocycles. The van der Waals surface area contributed by atoms with Crippen LogP contribution in [0.25, 0.3) is 0 Å². The van der Waals surface area contributed by atoms with Gasteiger partial charge in [0.05, 0.1) is 6.34 Å². The first kappa shape index (κ1) is 10.2. The minimum atomic E-state index is 0.610. The average molecular weight is 154 g/mol. The van der Waals surface area contributed by atoms with Crippen LogP contribution in [-0.4, -0.2) is 6.34 Å². The van der Waals surface area contributed by atoms with Crippen molar-refractivity contribution in [3.63, 3.8) is 0 Å². The predicted molar refractivity (Wildman–Crippen MR) is 50.5 cm³/mol. The smallest absolute Gasteiger partial charge is 0.0856 e. The van der Waals surface area contributed by atoms with Gasteiger partial charge in [0, 0.05) is 5.70 Å². The normalized spacial score (nSPS) is 16.7. The van der Waals surface area contributed by atoms with Crippen LogP contribution in [0.3, 0.4) is 0 Å². The van der Waals surface area contributed by atoms with Crippen LogP contribution >= 0.6 is 0 Å². The molecule has 0 aromatic carbocycles. The van der Waals surface area contributed by atoms with Crippen LogP contribution in [0.15, 0.2) is 16.3 Å². The molecule has 0 heterocycles. The fourth-order valence-corrected chi connectivity index (χ4v) is 0.876. The lowest BCUT2D eigenvalue weighted by Crippen LogP contribution is -1.97. The molecule has 0 amide bonds. The van der Waals surface area contributed by atoms with E-state index in [1.807, 2.05) is 6.92 Å². The summed E-state index contributed by atoms with van der Waals surface area (Å²) in [5.74, 6) is 0.610. The zero-order chi connectivity index (χ0) is 8.85. The van der Waals surface area contributed by atoms with Gasteiger partial charge in [0.15, 0.2) is 0 Å². The van der Waals surface area contributed by atoms with E-state index in [0.717, 1.165) is 12.1 Å². The van der Waals surface area contributed by atoms with Crippen LogP contribution in [0.1, 0.15) is 34.1 Å². The van der Waals surface area contributed by atoms with Crippen molar-refractivity contribution >= 4 is 6.34 Å². The highest BCUT2D eigenvalue weighted by Crippen LogP contribution is 2.17. The highest BCUT2D eigenvalue weighted by atomic mass is 14.8. The molecule has 0 aliphatic heterocycles. The molecule has 1 atom stereocenters. The molecule has 0 bridgehead atoms. The second-order valence-corrected chi connectivity index (χ2v) is 2.86. The Labute approximate surface area is 69.2 Å². The maximum absolute atomic E-state index is 5.18. The maximum atomic E-state index is 5.18. The highest BCUT2D eigenvalue weighted by molar-refractivity contribution is 5.53. The third kappa shape index (κ3) is 3.21. The molecule has 0 radical (unpaired) electrons. The topological polar surface area (TPSA) is 38.4 Å². The Kier molecular flexibility index (Phi) is 4.59. The van der Waals surface area contributed by atoms with Crippen LogP contribution in [-0.2, 0) is 0 Å². The molecular formula is C9H18N2. The first-order valence-corrected chi connectivity index (χ1v) is 4.05. The van der Waals surface area contributed by atoms with Crippen LogP contribution in [0.5, 0.6) is 0 Å². The number of rotatable bonds is 3. The Bertz CT molecular complexity index is 168. The molecule has 64 valence electrons. The van der Waals surface area contributed by atoms with E-state index in [2.05, 4.69) is 25.8 Å². The molecule has 0 aromatic heterocycles. The van der Waals surface area contributed by atoms with Crippen molar-refractivity contribution in [2.24, 2.45) is 16.6 Å². The van der Waals surface area contributed by atoms with E-state index in [4.69, 9.17) is 5.73 Å². The molecule has 2 heteroatoms. The lowest BCUT2D eigenvalue weighted by Gasteiger charge is -2.10. The fourth-order valence-electron chi connectivity index (χ4n) is 0.876. The van der Waals surface area contributed by atoms with Crippen molar-refractivity contribution in [2.45, 2.75) is 34.1 Å². The molecule has 11 heavy (non-hydrogen) atoms. The number of hydrogen-bond acceptors (Lipinski definition) is 1. The molecule has 0 spiro atoms. The van der Waals surface area contributed by atoms with Gasteiger partial charge in [-0.15, -0.1) is 0 Å². The second kappa shape index (κ2) is 4.94. The fraction of sp³-hybridized carbons (Fsp3) is 0.667. The van der Waals surface area contributed by atoms with E-state index in [1.54, 1.807) is 0 Å².